The van der Waals surface area contributed by atoms with E-state index in [2.05, 4.69) is 31.2 Å². The zero-order chi connectivity index (χ0) is 14.0. The number of aromatic nitrogens is 2. The highest BCUT2D eigenvalue weighted by Crippen LogP contribution is 2.23. The molecule has 4 nitrogen and oxygen atoms in total. The lowest BCUT2D eigenvalue weighted by atomic mass is 9.92. The summed E-state index contributed by atoms with van der Waals surface area (Å²) < 4.78 is 1.72. The maximum absolute atomic E-state index is 11.9. The van der Waals surface area contributed by atoms with Crippen LogP contribution in [0.2, 0.25) is 0 Å². The van der Waals surface area contributed by atoms with Crippen LogP contribution in [0.3, 0.4) is 0 Å². The number of hydrogen-bond acceptors (Lipinski definition) is 3. The smallest absolute Gasteiger partial charge is 0.230 e. The maximum Gasteiger partial charge on any atom is 0.230 e. The zero-order valence-electron chi connectivity index (χ0n) is 11.7. The molecule has 0 bridgehead atoms. The van der Waals surface area contributed by atoms with E-state index in [1.807, 2.05) is 30.6 Å². The van der Waals surface area contributed by atoms with Crippen LogP contribution in [0.1, 0.15) is 31.3 Å². The molecule has 5 heteroatoms. The van der Waals surface area contributed by atoms with E-state index in [1.54, 1.807) is 16.0 Å². The lowest BCUT2D eigenvalue weighted by molar-refractivity contribution is -0.115. The molecule has 19 heavy (non-hydrogen) atoms. The Morgan fingerprint density at radius 2 is 2.21 bits per heavy atom. The van der Waals surface area contributed by atoms with Crippen molar-refractivity contribution in [1.29, 1.82) is 0 Å². The number of nitrogens with zero attached hydrogens (tertiary/aromatic N) is 2. The summed E-state index contributed by atoms with van der Waals surface area (Å²) in [5.74, 6) is 0.734. The molecule has 0 atom stereocenters. The summed E-state index contributed by atoms with van der Waals surface area (Å²) in [7, 11) is 1.84. The summed E-state index contributed by atoms with van der Waals surface area (Å²) in [6.07, 6.45) is 0.410. The minimum atomic E-state index is -0.0194. The van der Waals surface area contributed by atoms with Crippen LogP contribution in [0.15, 0.2) is 23.6 Å². The number of carbonyl (C=O) groups excluding carboxylic acids is 1. The molecule has 0 unspecified atom stereocenters. The topological polar surface area (TPSA) is 46.9 Å². The van der Waals surface area contributed by atoms with Crippen LogP contribution in [0, 0.1) is 0 Å². The number of aryl methyl sites for hydroxylation is 1. The number of hydrogen-bond donors (Lipinski definition) is 1. The van der Waals surface area contributed by atoms with E-state index >= 15 is 0 Å². The largest absolute Gasteiger partial charge is 0.311 e. The molecule has 0 aliphatic heterocycles. The van der Waals surface area contributed by atoms with Crippen LogP contribution >= 0.6 is 11.3 Å². The van der Waals surface area contributed by atoms with Gasteiger partial charge >= 0.3 is 0 Å². The normalized spacial score (nSPS) is 11.6. The monoisotopic (exact) mass is 277 g/mol. The van der Waals surface area contributed by atoms with Gasteiger partial charge in [-0.1, -0.05) is 26.8 Å². The molecule has 2 rings (SSSR count). The third-order valence-electron chi connectivity index (χ3n) is 2.83. The van der Waals surface area contributed by atoms with Crippen LogP contribution in [-0.2, 0) is 23.7 Å². The minimum absolute atomic E-state index is 0.00842. The van der Waals surface area contributed by atoms with Crippen molar-refractivity contribution in [2.24, 2.45) is 7.05 Å². The fourth-order valence-electron chi connectivity index (χ4n) is 1.71. The lowest BCUT2D eigenvalue weighted by Gasteiger charge is -2.13. The highest BCUT2D eigenvalue weighted by molar-refractivity contribution is 7.10. The van der Waals surface area contributed by atoms with Gasteiger partial charge in [0.2, 0.25) is 5.91 Å². The Balaban J connectivity index is 2.07. The Kier molecular flexibility index (Phi) is 3.75. The van der Waals surface area contributed by atoms with E-state index in [-0.39, 0.29) is 11.3 Å². The molecule has 0 saturated carbocycles. The third-order valence-corrected chi connectivity index (χ3v) is 3.71. The predicted molar refractivity (Wildman–Crippen MR) is 78.6 cm³/mol. The second-order valence-corrected chi connectivity index (χ2v) is 6.62. The average Bonchev–Trinajstić information content (AvgIpc) is 2.88. The number of carbonyl (C=O) groups is 1. The number of rotatable bonds is 3. The predicted octanol–water partition coefficient (Wildman–Crippen LogP) is 2.96. The molecule has 0 aliphatic rings. The molecule has 0 fully saturated rings. The zero-order valence-corrected chi connectivity index (χ0v) is 12.5. The van der Waals surface area contributed by atoms with Crippen LogP contribution in [-0.4, -0.2) is 15.7 Å². The van der Waals surface area contributed by atoms with Crippen LogP contribution in [0.25, 0.3) is 0 Å². The maximum atomic E-state index is 11.9. The van der Waals surface area contributed by atoms with Gasteiger partial charge in [0.05, 0.1) is 12.1 Å². The molecular weight excluding hydrogens is 258 g/mol. The van der Waals surface area contributed by atoms with E-state index in [0.29, 0.717) is 6.42 Å². The van der Waals surface area contributed by atoms with Gasteiger partial charge in [-0.05, 0) is 11.4 Å². The van der Waals surface area contributed by atoms with Gasteiger partial charge in [-0.25, -0.2) is 0 Å². The highest BCUT2D eigenvalue weighted by atomic mass is 32.1. The highest BCUT2D eigenvalue weighted by Gasteiger charge is 2.19. The van der Waals surface area contributed by atoms with Crippen LogP contribution in [0.5, 0.6) is 0 Å². The first-order chi connectivity index (χ1) is 8.86. The first-order valence-electron chi connectivity index (χ1n) is 6.23. The lowest BCUT2D eigenvalue weighted by Crippen LogP contribution is -2.16. The second-order valence-electron chi connectivity index (χ2n) is 5.59. The van der Waals surface area contributed by atoms with Gasteiger partial charge in [0, 0.05) is 23.4 Å². The van der Waals surface area contributed by atoms with Gasteiger partial charge in [0.25, 0.3) is 0 Å². The SMILES string of the molecule is Cn1nc(C(C)(C)C)cc1NC(=O)Cc1cccs1. The fraction of sp³-hybridized carbons (Fsp3) is 0.429. The van der Waals surface area contributed by atoms with Crippen molar-refractivity contribution in [3.8, 4) is 0 Å². The number of thiophene rings is 1. The molecule has 2 aromatic rings. The molecule has 1 amide bonds. The molecule has 2 aromatic heterocycles. The van der Waals surface area contributed by atoms with Crippen LogP contribution in [0.4, 0.5) is 5.82 Å². The summed E-state index contributed by atoms with van der Waals surface area (Å²) in [5.41, 5.74) is 0.954. The fourth-order valence-corrected chi connectivity index (χ4v) is 2.41. The summed E-state index contributed by atoms with van der Waals surface area (Å²) in [5, 5.41) is 9.32. The van der Waals surface area contributed by atoms with E-state index in [0.717, 1.165) is 16.4 Å². The van der Waals surface area contributed by atoms with Gasteiger partial charge in [-0.3, -0.25) is 9.48 Å². The number of anilines is 1. The van der Waals surface area contributed by atoms with Gasteiger partial charge in [-0.2, -0.15) is 5.10 Å². The van der Waals surface area contributed by atoms with Gasteiger partial charge in [0.15, 0.2) is 0 Å². The molecule has 0 spiro atoms. The van der Waals surface area contributed by atoms with E-state index < -0.39 is 0 Å². The Bertz CT molecular complexity index is 564. The molecule has 2 heterocycles. The summed E-state index contributed by atoms with van der Waals surface area (Å²) in [6.45, 7) is 6.31. The molecule has 102 valence electrons. The second kappa shape index (κ2) is 5.17. The van der Waals surface area contributed by atoms with E-state index in [9.17, 15) is 4.79 Å². The summed E-state index contributed by atoms with van der Waals surface area (Å²) >= 11 is 1.59. The number of amides is 1. The Labute approximate surface area is 117 Å². The molecule has 1 N–H and O–H groups in total. The van der Waals surface area contributed by atoms with Crippen molar-refractivity contribution in [2.75, 3.05) is 5.32 Å². The van der Waals surface area contributed by atoms with Crippen molar-refractivity contribution < 1.29 is 4.79 Å². The van der Waals surface area contributed by atoms with Crippen molar-refractivity contribution in [1.82, 2.24) is 9.78 Å². The van der Waals surface area contributed by atoms with Gasteiger partial charge in [0.1, 0.15) is 5.82 Å². The molecule has 0 aliphatic carbocycles. The van der Waals surface area contributed by atoms with E-state index in [1.165, 1.54) is 0 Å². The summed E-state index contributed by atoms with van der Waals surface area (Å²) in [6, 6.07) is 5.86. The molecular formula is C14H19N3OS. The number of nitrogens with one attached hydrogen (secondary N) is 1. The van der Waals surface area contributed by atoms with Crippen molar-refractivity contribution >= 4 is 23.1 Å². The average molecular weight is 277 g/mol. The Hall–Kier alpha value is -1.62. The van der Waals surface area contributed by atoms with Gasteiger partial charge < -0.3 is 5.32 Å². The Morgan fingerprint density at radius 3 is 2.74 bits per heavy atom. The van der Waals surface area contributed by atoms with Crippen LogP contribution < -0.4 is 5.32 Å². The standard InChI is InChI=1S/C14H19N3OS/c1-14(2,3)11-9-12(17(4)16-11)15-13(18)8-10-6-5-7-19-10/h5-7,9H,8H2,1-4H3,(H,15,18). The first-order valence-corrected chi connectivity index (χ1v) is 7.11. The minimum Gasteiger partial charge on any atom is -0.311 e. The van der Waals surface area contributed by atoms with Crippen molar-refractivity contribution in [3.63, 3.8) is 0 Å². The molecule has 0 radical (unpaired) electrons. The van der Waals surface area contributed by atoms with E-state index in [4.69, 9.17) is 0 Å². The van der Waals surface area contributed by atoms with Crippen molar-refractivity contribution in [3.05, 3.63) is 34.2 Å². The quantitative estimate of drug-likeness (QED) is 0.937. The van der Waals surface area contributed by atoms with Crippen molar-refractivity contribution in [2.45, 2.75) is 32.6 Å². The first kappa shape index (κ1) is 13.8. The van der Waals surface area contributed by atoms with Gasteiger partial charge in [-0.15, -0.1) is 11.3 Å². The Morgan fingerprint density at radius 1 is 1.47 bits per heavy atom. The molecule has 0 aromatic carbocycles. The molecule has 0 saturated heterocycles. The third kappa shape index (κ3) is 3.44. The summed E-state index contributed by atoms with van der Waals surface area (Å²) in [4.78, 5) is 13.0.